The molecule has 0 amide bonds. The number of hydrogen-bond donors (Lipinski definition) is 0. The first-order valence-electron chi connectivity index (χ1n) is 3.23. The number of fused-ring (bicyclic) bond motifs is 1. The lowest BCUT2D eigenvalue weighted by molar-refractivity contribution is 1.10. The summed E-state index contributed by atoms with van der Waals surface area (Å²) >= 11 is 0. The van der Waals surface area contributed by atoms with Crippen LogP contribution in [0.5, 0.6) is 0 Å². The minimum atomic E-state index is 0.126. The molecule has 0 bridgehead atoms. The van der Waals surface area contributed by atoms with Crippen LogP contribution in [0.3, 0.4) is 0 Å². The summed E-state index contributed by atoms with van der Waals surface area (Å²) in [6, 6.07) is 1.84. The summed E-state index contributed by atoms with van der Waals surface area (Å²) in [7, 11) is 0. The summed E-state index contributed by atoms with van der Waals surface area (Å²) in [5, 5.41) is 9.21. The van der Waals surface area contributed by atoms with E-state index in [9.17, 15) is 0 Å². The van der Waals surface area contributed by atoms with Gasteiger partial charge < -0.3 is 0 Å². The van der Waals surface area contributed by atoms with Gasteiger partial charge in [-0.15, -0.1) is 0 Å². The molecule has 0 saturated heterocycles. The van der Waals surface area contributed by atoms with Crippen LogP contribution in [-0.2, 0) is 0 Å². The van der Waals surface area contributed by atoms with E-state index in [0.29, 0.717) is 5.65 Å². The zero-order valence-electron chi connectivity index (χ0n) is 5.97. The van der Waals surface area contributed by atoms with Crippen LogP contribution in [-0.4, -0.2) is 19.9 Å². The van der Waals surface area contributed by atoms with E-state index in [1.165, 1.54) is 12.5 Å². The second-order valence-corrected chi connectivity index (χ2v) is 2.11. The van der Waals surface area contributed by atoms with Gasteiger partial charge in [0, 0.05) is 12.4 Å². The van der Waals surface area contributed by atoms with E-state index in [1.54, 1.807) is 6.20 Å². The molecule has 12 heavy (non-hydrogen) atoms. The molecular weight excluding hydrogens is 154 g/mol. The van der Waals surface area contributed by atoms with Crippen LogP contribution in [0.4, 0.5) is 0 Å². The second kappa shape index (κ2) is 2.51. The van der Waals surface area contributed by atoms with Crippen LogP contribution in [0, 0.1) is 11.3 Å². The Morgan fingerprint density at radius 2 is 2.17 bits per heavy atom. The molecule has 0 aliphatic heterocycles. The highest BCUT2D eigenvalue weighted by atomic mass is 15.0. The van der Waals surface area contributed by atoms with Crippen molar-refractivity contribution in [1.82, 2.24) is 19.9 Å². The maximum absolute atomic E-state index is 8.48. The summed E-state index contributed by atoms with van der Waals surface area (Å²) in [6.45, 7) is 0. The van der Waals surface area contributed by atoms with Crippen molar-refractivity contribution in [3.05, 3.63) is 24.5 Å². The predicted molar refractivity (Wildman–Crippen MR) is 39.8 cm³/mol. The van der Waals surface area contributed by atoms with Crippen molar-refractivity contribution in [3.8, 4) is 6.07 Å². The van der Waals surface area contributed by atoms with Crippen LogP contribution in [0.25, 0.3) is 11.0 Å². The standard InChI is InChI=1S/C7H3N5/c8-1-6-10-3-5-2-9-4-11-7(5)12-6/h2-4H. The first-order chi connectivity index (χ1) is 5.90. The minimum Gasteiger partial charge on any atom is -0.244 e. The van der Waals surface area contributed by atoms with E-state index >= 15 is 0 Å². The van der Waals surface area contributed by atoms with Gasteiger partial charge in [0.1, 0.15) is 12.4 Å². The molecule has 56 valence electrons. The molecule has 2 heterocycles. The molecule has 5 nitrogen and oxygen atoms in total. The van der Waals surface area contributed by atoms with Gasteiger partial charge in [-0.2, -0.15) is 10.2 Å². The summed E-state index contributed by atoms with van der Waals surface area (Å²) in [6.07, 6.45) is 4.51. The van der Waals surface area contributed by atoms with Gasteiger partial charge in [-0.05, 0) is 0 Å². The summed E-state index contributed by atoms with van der Waals surface area (Å²) in [5.41, 5.74) is 0.497. The highest BCUT2D eigenvalue weighted by Crippen LogP contribution is 2.03. The largest absolute Gasteiger partial charge is 0.244 e. The molecular formula is C7H3N5. The zero-order valence-corrected chi connectivity index (χ0v) is 5.97. The van der Waals surface area contributed by atoms with E-state index < -0.39 is 0 Å². The number of nitrogens with zero attached hydrogens (tertiary/aromatic N) is 5. The predicted octanol–water partition coefficient (Wildman–Crippen LogP) is 0.291. The van der Waals surface area contributed by atoms with Gasteiger partial charge in [-0.1, -0.05) is 0 Å². The molecule has 0 N–H and O–H groups in total. The molecule has 0 spiro atoms. The first-order valence-corrected chi connectivity index (χ1v) is 3.23. The molecule has 0 saturated carbocycles. The van der Waals surface area contributed by atoms with Gasteiger partial charge in [0.05, 0.1) is 5.39 Å². The fourth-order valence-corrected chi connectivity index (χ4v) is 0.832. The Kier molecular flexibility index (Phi) is 1.38. The van der Waals surface area contributed by atoms with Crippen molar-refractivity contribution in [2.24, 2.45) is 0 Å². The third kappa shape index (κ3) is 0.953. The van der Waals surface area contributed by atoms with Crippen molar-refractivity contribution < 1.29 is 0 Å². The van der Waals surface area contributed by atoms with Crippen LogP contribution < -0.4 is 0 Å². The van der Waals surface area contributed by atoms with Crippen LogP contribution in [0.1, 0.15) is 5.82 Å². The third-order valence-corrected chi connectivity index (χ3v) is 1.36. The molecule has 2 aromatic heterocycles. The number of rotatable bonds is 0. The average molecular weight is 157 g/mol. The van der Waals surface area contributed by atoms with Gasteiger partial charge in [0.2, 0.25) is 5.82 Å². The van der Waals surface area contributed by atoms with Crippen molar-refractivity contribution >= 4 is 11.0 Å². The Morgan fingerprint density at radius 3 is 3.00 bits per heavy atom. The Balaban J connectivity index is 2.78. The van der Waals surface area contributed by atoms with Gasteiger partial charge >= 0.3 is 0 Å². The van der Waals surface area contributed by atoms with Gasteiger partial charge in [-0.3, -0.25) is 0 Å². The van der Waals surface area contributed by atoms with E-state index in [0.717, 1.165) is 5.39 Å². The van der Waals surface area contributed by atoms with Crippen molar-refractivity contribution in [3.63, 3.8) is 0 Å². The lowest BCUT2D eigenvalue weighted by atomic mass is 10.4. The number of nitriles is 1. The molecule has 2 aromatic rings. The molecule has 0 atom stereocenters. The van der Waals surface area contributed by atoms with E-state index in [2.05, 4.69) is 19.9 Å². The topological polar surface area (TPSA) is 75.3 Å². The molecule has 0 unspecified atom stereocenters. The smallest absolute Gasteiger partial charge is 0.234 e. The zero-order chi connectivity index (χ0) is 8.39. The van der Waals surface area contributed by atoms with E-state index in [1.807, 2.05) is 6.07 Å². The second-order valence-electron chi connectivity index (χ2n) is 2.11. The lowest BCUT2D eigenvalue weighted by Crippen LogP contribution is -1.91. The number of hydrogen-bond acceptors (Lipinski definition) is 5. The van der Waals surface area contributed by atoms with Crippen molar-refractivity contribution in [2.45, 2.75) is 0 Å². The average Bonchev–Trinajstić information content (AvgIpc) is 2.17. The highest BCUT2D eigenvalue weighted by Gasteiger charge is 1.97. The molecule has 0 aliphatic rings. The third-order valence-electron chi connectivity index (χ3n) is 1.36. The molecule has 0 radical (unpaired) electrons. The Labute approximate surface area is 67.7 Å². The first kappa shape index (κ1) is 6.61. The number of aromatic nitrogens is 4. The Hall–Kier alpha value is -2.09. The highest BCUT2D eigenvalue weighted by molar-refractivity contribution is 5.71. The Morgan fingerprint density at radius 1 is 1.25 bits per heavy atom. The quantitative estimate of drug-likeness (QED) is 0.549. The SMILES string of the molecule is N#Cc1ncc2cncnc2n1. The van der Waals surface area contributed by atoms with Crippen LogP contribution >= 0.6 is 0 Å². The fraction of sp³-hybridized carbons (Fsp3) is 0. The van der Waals surface area contributed by atoms with Crippen LogP contribution in [0.2, 0.25) is 0 Å². The van der Waals surface area contributed by atoms with Gasteiger partial charge in [-0.25, -0.2) is 15.0 Å². The summed E-state index contributed by atoms with van der Waals surface area (Å²) in [5.74, 6) is 0.126. The fourth-order valence-electron chi connectivity index (χ4n) is 0.832. The summed E-state index contributed by atoms with van der Waals surface area (Å²) in [4.78, 5) is 15.3. The molecule has 0 aliphatic carbocycles. The van der Waals surface area contributed by atoms with E-state index in [-0.39, 0.29) is 5.82 Å². The monoisotopic (exact) mass is 157 g/mol. The molecule has 2 rings (SSSR count). The molecule has 0 fully saturated rings. The van der Waals surface area contributed by atoms with Crippen molar-refractivity contribution in [1.29, 1.82) is 5.26 Å². The maximum atomic E-state index is 8.48. The summed E-state index contributed by atoms with van der Waals surface area (Å²) < 4.78 is 0. The molecule has 0 aromatic carbocycles. The van der Waals surface area contributed by atoms with E-state index in [4.69, 9.17) is 5.26 Å². The Bertz CT molecular complexity index is 459. The van der Waals surface area contributed by atoms with Gasteiger partial charge in [0.15, 0.2) is 5.65 Å². The normalized spacial score (nSPS) is 9.58. The lowest BCUT2D eigenvalue weighted by Gasteiger charge is -1.92. The van der Waals surface area contributed by atoms with Crippen LogP contribution in [0.15, 0.2) is 18.7 Å². The minimum absolute atomic E-state index is 0.126. The van der Waals surface area contributed by atoms with Gasteiger partial charge in [0.25, 0.3) is 0 Å². The maximum Gasteiger partial charge on any atom is 0.234 e. The molecule has 5 heteroatoms. The van der Waals surface area contributed by atoms with Crippen molar-refractivity contribution in [2.75, 3.05) is 0 Å².